The number of carbonyl (C=O) groups excluding carboxylic acids is 1. The average molecular weight is 372 g/mol. The number of aromatic nitrogens is 5. The molecule has 0 saturated carbocycles. The van der Waals surface area contributed by atoms with Gasteiger partial charge in [-0.1, -0.05) is 42.5 Å². The van der Waals surface area contributed by atoms with E-state index in [1.807, 2.05) is 17.0 Å². The second kappa shape index (κ2) is 6.92. The van der Waals surface area contributed by atoms with Gasteiger partial charge in [0.1, 0.15) is 12.7 Å². The summed E-state index contributed by atoms with van der Waals surface area (Å²) in [5.74, 6) is 0.131. The zero-order chi connectivity index (χ0) is 18.9. The lowest BCUT2D eigenvalue weighted by Gasteiger charge is -2.27. The smallest absolute Gasteiger partial charge is 0.224 e. The number of carbonyl (C=O) groups is 1. The first-order valence-electron chi connectivity index (χ1n) is 9.44. The molecule has 0 radical (unpaired) electrons. The maximum absolute atomic E-state index is 12.7. The van der Waals surface area contributed by atoms with Crippen LogP contribution < -0.4 is 0 Å². The molecule has 0 bridgehead atoms. The minimum absolute atomic E-state index is 0.131. The average Bonchev–Trinajstić information content (AvgIpc) is 3.41. The van der Waals surface area contributed by atoms with Gasteiger partial charge in [-0.3, -0.25) is 14.6 Å². The number of benzene rings is 2. The molecule has 2 aromatic heterocycles. The molecule has 1 aliphatic rings. The first-order valence-corrected chi connectivity index (χ1v) is 9.44. The zero-order valence-corrected chi connectivity index (χ0v) is 15.4. The molecule has 1 aliphatic heterocycles. The molecular weight excluding hydrogens is 352 g/mol. The molecule has 0 fully saturated rings. The number of nitrogens with zero attached hydrogens (tertiary/aromatic N) is 5. The van der Waals surface area contributed by atoms with Crippen molar-refractivity contribution in [2.75, 3.05) is 6.54 Å². The summed E-state index contributed by atoms with van der Waals surface area (Å²) in [6.07, 6.45) is 4.33. The number of rotatable bonds is 4. The van der Waals surface area contributed by atoms with Crippen LogP contribution in [0.4, 0.5) is 0 Å². The molecule has 0 aliphatic carbocycles. The van der Waals surface area contributed by atoms with Crippen molar-refractivity contribution in [3.63, 3.8) is 0 Å². The van der Waals surface area contributed by atoms with Crippen LogP contribution in [0.1, 0.15) is 17.7 Å². The molecule has 0 unspecified atom stereocenters. The monoisotopic (exact) mass is 372 g/mol. The van der Waals surface area contributed by atoms with Crippen LogP contribution in [0.5, 0.6) is 0 Å². The van der Waals surface area contributed by atoms with E-state index >= 15 is 0 Å². The van der Waals surface area contributed by atoms with Crippen molar-refractivity contribution in [1.82, 2.24) is 29.9 Å². The van der Waals surface area contributed by atoms with Crippen molar-refractivity contribution in [3.8, 4) is 11.3 Å². The van der Waals surface area contributed by atoms with Crippen molar-refractivity contribution in [2.24, 2.45) is 0 Å². The number of nitrogens with one attached hydrogen (secondary N) is 1. The van der Waals surface area contributed by atoms with Crippen LogP contribution in [0, 0.1) is 0 Å². The Hall–Kier alpha value is -3.48. The van der Waals surface area contributed by atoms with Gasteiger partial charge in [0.15, 0.2) is 0 Å². The van der Waals surface area contributed by atoms with E-state index in [-0.39, 0.29) is 5.91 Å². The summed E-state index contributed by atoms with van der Waals surface area (Å²) in [6, 6.07) is 14.6. The maximum atomic E-state index is 12.7. The van der Waals surface area contributed by atoms with Gasteiger partial charge >= 0.3 is 0 Å². The van der Waals surface area contributed by atoms with Crippen molar-refractivity contribution < 1.29 is 4.79 Å². The lowest BCUT2D eigenvalue weighted by Crippen LogP contribution is -2.36. The molecular formula is C21H20N6O. The molecule has 28 heavy (non-hydrogen) atoms. The second-order valence-corrected chi connectivity index (χ2v) is 7.03. The van der Waals surface area contributed by atoms with E-state index in [1.165, 1.54) is 17.1 Å². The standard InChI is InChI=1S/C21H20N6O/c28-20(9-11-27-14-22-13-23-27)26-10-8-19-18(12-26)21(25-24-19)17-7-3-5-15-4-1-2-6-16(15)17/h1-7,13-14H,8-12H2,(H,24,25). The number of amides is 1. The number of hydrogen-bond donors (Lipinski definition) is 1. The minimum Gasteiger partial charge on any atom is -0.338 e. The van der Waals surface area contributed by atoms with Gasteiger partial charge in [0.05, 0.1) is 12.2 Å². The highest BCUT2D eigenvalue weighted by Gasteiger charge is 2.26. The number of fused-ring (bicyclic) bond motifs is 2. The highest BCUT2D eigenvalue weighted by atomic mass is 16.2. The summed E-state index contributed by atoms with van der Waals surface area (Å²) >= 11 is 0. The van der Waals surface area contributed by atoms with E-state index in [9.17, 15) is 4.79 Å². The molecule has 0 saturated heterocycles. The minimum atomic E-state index is 0.131. The highest BCUT2D eigenvalue weighted by molar-refractivity contribution is 5.96. The summed E-state index contributed by atoms with van der Waals surface area (Å²) in [5, 5.41) is 14.2. The molecule has 1 N–H and O–H groups in total. The van der Waals surface area contributed by atoms with Crippen molar-refractivity contribution in [3.05, 3.63) is 66.4 Å². The summed E-state index contributed by atoms with van der Waals surface area (Å²) in [5.41, 5.74) is 4.30. The van der Waals surface area contributed by atoms with Crippen LogP contribution in [0.3, 0.4) is 0 Å². The van der Waals surface area contributed by atoms with Crippen molar-refractivity contribution >= 4 is 16.7 Å². The normalized spacial score (nSPS) is 13.6. The topological polar surface area (TPSA) is 79.7 Å². The first kappa shape index (κ1) is 16.7. The van der Waals surface area contributed by atoms with E-state index in [0.29, 0.717) is 26.1 Å². The Morgan fingerprint density at radius 3 is 2.93 bits per heavy atom. The largest absolute Gasteiger partial charge is 0.338 e. The molecule has 4 aromatic rings. The van der Waals surface area contributed by atoms with Crippen LogP contribution >= 0.6 is 0 Å². The Labute approximate surface area is 162 Å². The van der Waals surface area contributed by atoms with E-state index < -0.39 is 0 Å². The molecule has 7 nitrogen and oxygen atoms in total. The zero-order valence-electron chi connectivity index (χ0n) is 15.4. The Morgan fingerprint density at radius 1 is 1.14 bits per heavy atom. The van der Waals surface area contributed by atoms with Crippen LogP contribution in [-0.2, 0) is 24.3 Å². The van der Waals surface area contributed by atoms with Gasteiger partial charge in [0, 0.05) is 42.8 Å². The summed E-state index contributed by atoms with van der Waals surface area (Å²) < 4.78 is 1.69. The number of aromatic amines is 1. The quantitative estimate of drug-likeness (QED) is 0.597. The molecule has 7 heteroatoms. The molecule has 2 aromatic carbocycles. The van der Waals surface area contributed by atoms with Crippen molar-refractivity contribution in [2.45, 2.75) is 25.9 Å². The van der Waals surface area contributed by atoms with Crippen LogP contribution in [0.15, 0.2) is 55.1 Å². The number of hydrogen-bond acceptors (Lipinski definition) is 4. The fraction of sp³-hybridized carbons (Fsp3) is 0.238. The third kappa shape index (κ3) is 2.94. The number of H-pyrrole nitrogens is 1. The van der Waals surface area contributed by atoms with Gasteiger partial charge in [-0.05, 0) is 10.8 Å². The predicted molar refractivity (Wildman–Crippen MR) is 105 cm³/mol. The van der Waals surface area contributed by atoms with E-state index in [4.69, 9.17) is 0 Å². The van der Waals surface area contributed by atoms with Gasteiger partial charge in [-0.2, -0.15) is 10.2 Å². The maximum Gasteiger partial charge on any atom is 0.224 e. The van der Waals surface area contributed by atoms with Crippen LogP contribution in [-0.4, -0.2) is 42.3 Å². The Morgan fingerprint density at radius 2 is 2.04 bits per heavy atom. The van der Waals surface area contributed by atoms with E-state index in [2.05, 4.69) is 50.6 Å². The molecule has 140 valence electrons. The Balaban J connectivity index is 1.42. The number of aryl methyl sites for hydroxylation is 1. The first-order chi connectivity index (χ1) is 13.8. The Bertz CT molecular complexity index is 1130. The van der Waals surface area contributed by atoms with Crippen LogP contribution in [0.2, 0.25) is 0 Å². The summed E-state index contributed by atoms with van der Waals surface area (Å²) in [6.45, 7) is 1.84. The van der Waals surface area contributed by atoms with Gasteiger partial charge in [0.25, 0.3) is 0 Å². The van der Waals surface area contributed by atoms with E-state index in [0.717, 1.165) is 28.9 Å². The fourth-order valence-corrected chi connectivity index (χ4v) is 3.88. The Kier molecular flexibility index (Phi) is 4.12. The second-order valence-electron chi connectivity index (χ2n) is 7.03. The molecule has 5 rings (SSSR count). The van der Waals surface area contributed by atoms with Crippen molar-refractivity contribution in [1.29, 1.82) is 0 Å². The third-order valence-corrected chi connectivity index (χ3v) is 5.35. The molecule has 3 heterocycles. The van der Waals surface area contributed by atoms with Crippen LogP contribution in [0.25, 0.3) is 22.0 Å². The molecule has 0 atom stereocenters. The SMILES string of the molecule is O=C(CCn1cncn1)N1CCc2[nH]nc(-c3cccc4ccccc34)c2C1. The molecule has 1 amide bonds. The summed E-state index contributed by atoms with van der Waals surface area (Å²) in [7, 11) is 0. The fourth-order valence-electron chi connectivity index (χ4n) is 3.88. The third-order valence-electron chi connectivity index (χ3n) is 5.35. The van der Waals surface area contributed by atoms with Gasteiger partial charge < -0.3 is 4.90 Å². The predicted octanol–water partition coefficient (Wildman–Crippen LogP) is 2.80. The van der Waals surface area contributed by atoms with Gasteiger partial charge in [-0.25, -0.2) is 4.98 Å². The highest BCUT2D eigenvalue weighted by Crippen LogP contribution is 2.33. The summed E-state index contributed by atoms with van der Waals surface area (Å²) in [4.78, 5) is 18.6. The van der Waals surface area contributed by atoms with E-state index in [1.54, 1.807) is 11.0 Å². The lowest BCUT2D eigenvalue weighted by molar-refractivity contribution is -0.132. The van der Waals surface area contributed by atoms with Gasteiger partial charge in [0.2, 0.25) is 5.91 Å². The van der Waals surface area contributed by atoms with Gasteiger partial charge in [-0.15, -0.1) is 0 Å². The lowest BCUT2D eigenvalue weighted by atomic mass is 9.96. The molecule has 0 spiro atoms.